The van der Waals surface area contributed by atoms with Crippen LogP contribution in [-0.2, 0) is 5.75 Å². The van der Waals surface area contributed by atoms with Gasteiger partial charge in [-0.05, 0) is 32.3 Å². The number of thiophene rings is 1. The van der Waals surface area contributed by atoms with Crippen molar-refractivity contribution >= 4 is 55.6 Å². The lowest BCUT2D eigenvalue weighted by Gasteiger charge is -2.02. The van der Waals surface area contributed by atoms with Crippen molar-refractivity contribution in [3.8, 4) is 0 Å². The van der Waals surface area contributed by atoms with E-state index in [0.29, 0.717) is 17.6 Å². The molecule has 0 unspecified atom stereocenters. The summed E-state index contributed by atoms with van der Waals surface area (Å²) in [6, 6.07) is 0.594. The van der Waals surface area contributed by atoms with Gasteiger partial charge in [-0.3, -0.25) is 0 Å². The van der Waals surface area contributed by atoms with Crippen molar-refractivity contribution in [3.63, 3.8) is 0 Å². The Balaban J connectivity index is 1.50. The first kappa shape index (κ1) is 15.1. The summed E-state index contributed by atoms with van der Waals surface area (Å²) < 4.78 is 0.925. The second-order valence-electron chi connectivity index (χ2n) is 5.57. The van der Waals surface area contributed by atoms with Crippen LogP contribution in [0.3, 0.4) is 0 Å². The molecule has 0 bridgehead atoms. The van der Waals surface area contributed by atoms with E-state index in [1.165, 1.54) is 23.3 Å². The SMILES string of the molecule is Cc1sc2nc(CSc3nnc(NC4CC4)s3)nc(N)c2c1C. The number of anilines is 2. The van der Waals surface area contributed by atoms with E-state index in [1.807, 2.05) is 0 Å². The third kappa shape index (κ3) is 3.13. The van der Waals surface area contributed by atoms with Gasteiger partial charge in [0.15, 0.2) is 4.34 Å². The molecule has 1 aliphatic rings. The van der Waals surface area contributed by atoms with Crippen molar-refractivity contribution < 1.29 is 0 Å². The van der Waals surface area contributed by atoms with Gasteiger partial charge in [-0.1, -0.05) is 23.1 Å². The summed E-state index contributed by atoms with van der Waals surface area (Å²) in [5.41, 5.74) is 7.30. The van der Waals surface area contributed by atoms with Crippen LogP contribution >= 0.6 is 34.4 Å². The van der Waals surface area contributed by atoms with E-state index < -0.39 is 0 Å². The van der Waals surface area contributed by atoms with Crippen LogP contribution in [0.1, 0.15) is 29.1 Å². The fourth-order valence-corrected chi connectivity index (χ4v) is 4.99. The molecule has 6 nitrogen and oxygen atoms in total. The minimum Gasteiger partial charge on any atom is -0.383 e. The summed E-state index contributed by atoms with van der Waals surface area (Å²) >= 11 is 4.85. The van der Waals surface area contributed by atoms with Crippen LogP contribution in [-0.4, -0.2) is 26.2 Å². The lowest BCUT2D eigenvalue weighted by Crippen LogP contribution is -1.99. The Labute approximate surface area is 145 Å². The first-order valence-electron chi connectivity index (χ1n) is 7.35. The molecule has 0 aliphatic heterocycles. The zero-order valence-electron chi connectivity index (χ0n) is 12.8. The number of fused-ring (bicyclic) bond motifs is 1. The van der Waals surface area contributed by atoms with E-state index in [2.05, 4.69) is 39.3 Å². The quantitative estimate of drug-likeness (QED) is 0.668. The highest BCUT2D eigenvalue weighted by Crippen LogP contribution is 2.34. The van der Waals surface area contributed by atoms with E-state index in [4.69, 9.17) is 5.73 Å². The van der Waals surface area contributed by atoms with E-state index in [9.17, 15) is 0 Å². The van der Waals surface area contributed by atoms with Crippen molar-refractivity contribution in [2.75, 3.05) is 11.1 Å². The number of aromatic nitrogens is 4. The Hall–Kier alpha value is -1.45. The third-order valence-electron chi connectivity index (χ3n) is 3.74. The molecular weight excluding hydrogens is 348 g/mol. The summed E-state index contributed by atoms with van der Waals surface area (Å²) in [6.45, 7) is 4.16. The molecule has 4 rings (SSSR count). The number of nitrogen functional groups attached to an aromatic ring is 1. The summed E-state index contributed by atoms with van der Waals surface area (Å²) in [5, 5.41) is 13.6. The number of aryl methyl sites for hydroxylation is 2. The van der Waals surface area contributed by atoms with Crippen LogP contribution in [0.4, 0.5) is 10.9 Å². The molecule has 9 heteroatoms. The van der Waals surface area contributed by atoms with E-state index in [-0.39, 0.29) is 0 Å². The van der Waals surface area contributed by atoms with Crippen molar-refractivity contribution in [3.05, 3.63) is 16.3 Å². The van der Waals surface area contributed by atoms with Gasteiger partial charge in [-0.25, -0.2) is 9.97 Å². The van der Waals surface area contributed by atoms with Crippen LogP contribution in [0.15, 0.2) is 4.34 Å². The van der Waals surface area contributed by atoms with Gasteiger partial charge in [-0.2, -0.15) is 0 Å². The Morgan fingerprint density at radius 3 is 2.83 bits per heavy atom. The predicted molar refractivity (Wildman–Crippen MR) is 97.4 cm³/mol. The topological polar surface area (TPSA) is 89.6 Å². The fraction of sp³-hybridized carbons (Fsp3) is 0.429. The highest BCUT2D eigenvalue weighted by Gasteiger charge is 2.22. The van der Waals surface area contributed by atoms with Gasteiger partial charge in [-0.15, -0.1) is 21.5 Å². The molecule has 0 spiro atoms. The van der Waals surface area contributed by atoms with Crippen molar-refractivity contribution in [1.82, 2.24) is 20.2 Å². The van der Waals surface area contributed by atoms with Crippen molar-refractivity contribution in [2.45, 2.75) is 42.8 Å². The number of rotatable bonds is 5. The van der Waals surface area contributed by atoms with Gasteiger partial charge in [0.2, 0.25) is 5.13 Å². The number of hydrogen-bond donors (Lipinski definition) is 2. The standard InChI is InChI=1S/C14H16N6S3/c1-6-7(2)22-12-10(6)11(15)17-9(18-12)5-21-14-20-19-13(23-14)16-8-3-4-8/h8H,3-5H2,1-2H3,(H,16,19)(H2,15,17,18). The molecule has 23 heavy (non-hydrogen) atoms. The molecule has 0 amide bonds. The molecule has 0 aromatic carbocycles. The van der Waals surface area contributed by atoms with Gasteiger partial charge in [0.25, 0.3) is 0 Å². The van der Waals surface area contributed by atoms with Crippen molar-refractivity contribution in [1.29, 1.82) is 0 Å². The Kier molecular flexibility index (Phi) is 3.86. The maximum atomic E-state index is 6.12. The highest BCUT2D eigenvalue weighted by atomic mass is 32.2. The molecule has 1 aliphatic carbocycles. The molecule has 0 atom stereocenters. The monoisotopic (exact) mass is 364 g/mol. The lowest BCUT2D eigenvalue weighted by atomic mass is 10.2. The number of nitrogens with zero attached hydrogens (tertiary/aromatic N) is 4. The zero-order valence-corrected chi connectivity index (χ0v) is 15.2. The molecule has 3 aromatic heterocycles. The van der Waals surface area contributed by atoms with Crippen LogP contribution < -0.4 is 11.1 Å². The maximum absolute atomic E-state index is 6.12. The third-order valence-corrected chi connectivity index (χ3v) is 6.82. The second kappa shape index (κ2) is 5.88. The molecule has 3 heterocycles. The Bertz CT molecular complexity index is 867. The van der Waals surface area contributed by atoms with E-state index in [1.54, 1.807) is 34.4 Å². The van der Waals surface area contributed by atoms with Crippen LogP contribution in [0.5, 0.6) is 0 Å². The molecule has 1 saturated carbocycles. The number of hydrogen-bond acceptors (Lipinski definition) is 9. The molecule has 3 N–H and O–H groups in total. The minimum absolute atomic E-state index is 0.570. The highest BCUT2D eigenvalue weighted by molar-refractivity contribution is 8.00. The summed E-state index contributed by atoms with van der Waals surface area (Å²) in [7, 11) is 0. The average molecular weight is 365 g/mol. The Morgan fingerprint density at radius 2 is 2.04 bits per heavy atom. The van der Waals surface area contributed by atoms with Gasteiger partial charge >= 0.3 is 0 Å². The zero-order chi connectivity index (χ0) is 16.0. The van der Waals surface area contributed by atoms with Gasteiger partial charge in [0.05, 0.1) is 11.1 Å². The van der Waals surface area contributed by atoms with Crippen LogP contribution in [0.25, 0.3) is 10.2 Å². The first-order chi connectivity index (χ1) is 11.1. The van der Waals surface area contributed by atoms with Crippen molar-refractivity contribution in [2.24, 2.45) is 0 Å². The molecule has 120 valence electrons. The van der Waals surface area contributed by atoms with Crippen LogP contribution in [0.2, 0.25) is 0 Å². The summed E-state index contributed by atoms with van der Waals surface area (Å²) in [5.74, 6) is 1.96. The number of nitrogens with two attached hydrogens (primary N) is 1. The van der Waals surface area contributed by atoms with E-state index in [0.717, 1.165) is 25.5 Å². The molecule has 0 radical (unpaired) electrons. The fourth-order valence-electron chi connectivity index (χ4n) is 2.25. The second-order valence-corrected chi connectivity index (χ2v) is 8.97. The van der Waals surface area contributed by atoms with Gasteiger partial charge in [0.1, 0.15) is 16.5 Å². The summed E-state index contributed by atoms with van der Waals surface area (Å²) in [4.78, 5) is 11.3. The van der Waals surface area contributed by atoms with Gasteiger partial charge in [0, 0.05) is 10.9 Å². The molecule has 0 saturated heterocycles. The average Bonchev–Trinajstić information content (AvgIpc) is 3.12. The smallest absolute Gasteiger partial charge is 0.206 e. The normalized spacial score (nSPS) is 14.5. The van der Waals surface area contributed by atoms with E-state index >= 15 is 0 Å². The van der Waals surface area contributed by atoms with Crippen LogP contribution in [0, 0.1) is 13.8 Å². The molecule has 1 fully saturated rings. The van der Waals surface area contributed by atoms with Gasteiger partial charge < -0.3 is 11.1 Å². The first-order valence-corrected chi connectivity index (χ1v) is 9.97. The minimum atomic E-state index is 0.570. The number of nitrogens with one attached hydrogen (secondary N) is 1. The predicted octanol–water partition coefficient (Wildman–Crippen LogP) is 3.61. The Morgan fingerprint density at radius 1 is 1.22 bits per heavy atom. The maximum Gasteiger partial charge on any atom is 0.206 e. The lowest BCUT2D eigenvalue weighted by molar-refractivity contribution is 0.991. The molecular formula is C14H16N6S3. The molecule has 3 aromatic rings. The summed E-state index contributed by atoms with van der Waals surface area (Å²) in [6.07, 6.45) is 2.46. The number of thioether (sulfide) groups is 1. The largest absolute Gasteiger partial charge is 0.383 e.